The van der Waals surface area contributed by atoms with Crippen molar-refractivity contribution in [2.75, 3.05) is 0 Å². The number of hydrogen-bond acceptors (Lipinski definition) is 3. The highest BCUT2D eigenvalue weighted by molar-refractivity contribution is 6.31. The van der Waals surface area contributed by atoms with Gasteiger partial charge in [-0.15, -0.1) is 0 Å². The normalized spacial score (nSPS) is 10.4. The molecule has 1 N–H and O–H groups in total. The molecule has 0 saturated heterocycles. The molecule has 108 valence electrons. The van der Waals surface area contributed by atoms with E-state index < -0.39 is 5.97 Å². The molecule has 0 spiro atoms. The van der Waals surface area contributed by atoms with Crippen molar-refractivity contribution in [2.45, 2.75) is 26.8 Å². The first-order valence-electron chi connectivity index (χ1n) is 6.35. The predicted molar refractivity (Wildman–Crippen MR) is 78.3 cm³/mol. The van der Waals surface area contributed by atoms with E-state index in [0.717, 1.165) is 16.8 Å². The van der Waals surface area contributed by atoms with Crippen molar-refractivity contribution in [1.82, 2.24) is 9.78 Å². The molecule has 0 saturated carbocycles. The van der Waals surface area contributed by atoms with Gasteiger partial charge in [-0.3, -0.25) is 9.48 Å². The van der Waals surface area contributed by atoms with Crippen LogP contribution in [0.15, 0.2) is 18.2 Å². The molecule has 0 amide bonds. The fourth-order valence-electron chi connectivity index (χ4n) is 2.20. The van der Waals surface area contributed by atoms with Crippen LogP contribution in [0.1, 0.15) is 28.1 Å². The van der Waals surface area contributed by atoms with E-state index in [-0.39, 0.29) is 6.42 Å². The van der Waals surface area contributed by atoms with Crippen molar-refractivity contribution < 1.29 is 9.90 Å². The molecule has 5 nitrogen and oxygen atoms in total. The number of aliphatic carboxylic acids is 1. The first-order chi connectivity index (χ1) is 9.92. The highest BCUT2D eigenvalue weighted by Gasteiger charge is 2.15. The van der Waals surface area contributed by atoms with E-state index in [0.29, 0.717) is 22.8 Å². The van der Waals surface area contributed by atoms with E-state index in [1.165, 1.54) is 0 Å². The van der Waals surface area contributed by atoms with Crippen LogP contribution in [0.5, 0.6) is 0 Å². The van der Waals surface area contributed by atoms with E-state index in [9.17, 15) is 4.79 Å². The number of carbonyl (C=O) groups is 1. The number of carboxylic acid groups (broad SMARTS) is 1. The van der Waals surface area contributed by atoms with Gasteiger partial charge in [0.1, 0.15) is 0 Å². The first kappa shape index (κ1) is 15.1. The SMILES string of the molecule is Cc1nn(Cc2ccc(C#N)cc2Cl)c(C)c1CC(=O)O. The molecule has 0 aliphatic heterocycles. The number of hydrogen-bond donors (Lipinski definition) is 1. The summed E-state index contributed by atoms with van der Waals surface area (Å²) >= 11 is 6.15. The first-order valence-corrected chi connectivity index (χ1v) is 6.73. The minimum Gasteiger partial charge on any atom is -0.481 e. The highest BCUT2D eigenvalue weighted by Crippen LogP contribution is 2.21. The van der Waals surface area contributed by atoms with Gasteiger partial charge in [0.05, 0.1) is 30.3 Å². The number of aromatic nitrogens is 2. The summed E-state index contributed by atoms with van der Waals surface area (Å²) in [5.74, 6) is -0.878. The fraction of sp³-hybridized carbons (Fsp3) is 0.267. The number of nitrogens with zero attached hydrogens (tertiary/aromatic N) is 3. The minimum absolute atomic E-state index is 0.0429. The Bertz CT molecular complexity index is 744. The maximum atomic E-state index is 10.9. The van der Waals surface area contributed by atoms with Crippen LogP contribution in [0, 0.1) is 25.2 Å². The number of carboxylic acids is 1. The van der Waals surface area contributed by atoms with Crippen molar-refractivity contribution in [3.63, 3.8) is 0 Å². The molecule has 0 aliphatic carbocycles. The van der Waals surface area contributed by atoms with Crippen LogP contribution in [0.3, 0.4) is 0 Å². The monoisotopic (exact) mass is 303 g/mol. The zero-order valence-electron chi connectivity index (χ0n) is 11.7. The topological polar surface area (TPSA) is 78.9 Å². The maximum Gasteiger partial charge on any atom is 0.307 e. The molecule has 1 heterocycles. The third kappa shape index (κ3) is 3.23. The standard InChI is InChI=1S/C15H14ClN3O2/c1-9-13(6-15(20)21)10(2)19(18-9)8-12-4-3-11(7-17)5-14(12)16/h3-5H,6,8H2,1-2H3,(H,20,21). The van der Waals surface area contributed by atoms with E-state index in [1.54, 1.807) is 29.8 Å². The van der Waals surface area contributed by atoms with E-state index >= 15 is 0 Å². The lowest BCUT2D eigenvalue weighted by Crippen LogP contribution is -2.06. The number of aryl methyl sites for hydroxylation is 1. The summed E-state index contributed by atoms with van der Waals surface area (Å²) in [6.45, 7) is 4.08. The summed E-state index contributed by atoms with van der Waals surface area (Å²) in [7, 11) is 0. The Labute approximate surface area is 127 Å². The van der Waals surface area contributed by atoms with Crippen LogP contribution in [-0.4, -0.2) is 20.9 Å². The second kappa shape index (κ2) is 5.98. The van der Waals surface area contributed by atoms with Gasteiger partial charge in [-0.1, -0.05) is 17.7 Å². The lowest BCUT2D eigenvalue weighted by molar-refractivity contribution is -0.136. The Morgan fingerprint density at radius 3 is 2.76 bits per heavy atom. The van der Waals surface area contributed by atoms with Crippen LogP contribution in [0.4, 0.5) is 0 Å². The lowest BCUT2D eigenvalue weighted by atomic mass is 10.1. The van der Waals surface area contributed by atoms with Gasteiger partial charge in [-0.2, -0.15) is 10.4 Å². The van der Waals surface area contributed by atoms with Gasteiger partial charge >= 0.3 is 5.97 Å². The summed E-state index contributed by atoms with van der Waals surface area (Å²) in [6.07, 6.45) is -0.0429. The summed E-state index contributed by atoms with van der Waals surface area (Å²) in [5, 5.41) is 22.6. The van der Waals surface area contributed by atoms with Gasteiger partial charge in [0.2, 0.25) is 0 Å². The third-order valence-corrected chi connectivity index (χ3v) is 3.71. The van der Waals surface area contributed by atoms with Gasteiger partial charge in [0, 0.05) is 16.3 Å². The van der Waals surface area contributed by atoms with Gasteiger partial charge in [0.25, 0.3) is 0 Å². The minimum atomic E-state index is -0.878. The van der Waals surface area contributed by atoms with Crippen molar-refractivity contribution in [1.29, 1.82) is 5.26 Å². The van der Waals surface area contributed by atoms with Gasteiger partial charge in [-0.05, 0) is 31.5 Å². The maximum absolute atomic E-state index is 10.9. The summed E-state index contributed by atoms with van der Waals surface area (Å²) in [5.41, 5.74) is 3.59. The third-order valence-electron chi connectivity index (χ3n) is 3.36. The Balaban J connectivity index is 2.32. The smallest absolute Gasteiger partial charge is 0.307 e. The summed E-state index contributed by atoms with van der Waals surface area (Å²) in [6, 6.07) is 7.13. The second-order valence-electron chi connectivity index (χ2n) is 4.80. The molecule has 1 aromatic carbocycles. The molecule has 6 heteroatoms. The molecular formula is C15H14ClN3O2. The Hall–Kier alpha value is -2.32. The average molecular weight is 304 g/mol. The van der Waals surface area contributed by atoms with Crippen LogP contribution in [0.25, 0.3) is 0 Å². The van der Waals surface area contributed by atoms with Gasteiger partial charge in [0.15, 0.2) is 0 Å². The zero-order chi connectivity index (χ0) is 15.6. The van der Waals surface area contributed by atoms with Crippen molar-refractivity contribution in [2.24, 2.45) is 0 Å². The average Bonchev–Trinajstić information content (AvgIpc) is 2.68. The number of benzene rings is 1. The molecule has 2 aromatic rings. The molecule has 21 heavy (non-hydrogen) atoms. The number of nitriles is 1. The lowest BCUT2D eigenvalue weighted by Gasteiger charge is -2.07. The summed E-state index contributed by atoms with van der Waals surface area (Å²) < 4.78 is 1.74. The van der Waals surface area contributed by atoms with E-state index in [1.807, 2.05) is 13.0 Å². The zero-order valence-corrected chi connectivity index (χ0v) is 12.5. The molecule has 1 aromatic heterocycles. The van der Waals surface area contributed by atoms with Gasteiger partial charge in [-0.25, -0.2) is 0 Å². The molecule has 0 radical (unpaired) electrons. The van der Waals surface area contributed by atoms with Crippen LogP contribution in [-0.2, 0) is 17.8 Å². The molecule has 0 bridgehead atoms. The number of halogens is 1. The Morgan fingerprint density at radius 2 is 2.19 bits per heavy atom. The van der Waals surface area contributed by atoms with Crippen molar-refractivity contribution >= 4 is 17.6 Å². The fourth-order valence-corrected chi connectivity index (χ4v) is 2.44. The van der Waals surface area contributed by atoms with Gasteiger partial charge < -0.3 is 5.11 Å². The second-order valence-corrected chi connectivity index (χ2v) is 5.20. The molecule has 0 unspecified atom stereocenters. The summed E-state index contributed by atoms with van der Waals surface area (Å²) in [4.78, 5) is 10.9. The Morgan fingerprint density at radius 1 is 1.48 bits per heavy atom. The number of rotatable bonds is 4. The van der Waals surface area contributed by atoms with Crippen LogP contribution in [0.2, 0.25) is 5.02 Å². The Kier molecular flexibility index (Phi) is 4.29. The molecule has 2 rings (SSSR count). The van der Waals surface area contributed by atoms with E-state index in [2.05, 4.69) is 5.10 Å². The largest absolute Gasteiger partial charge is 0.481 e. The molecule has 0 fully saturated rings. The highest BCUT2D eigenvalue weighted by atomic mass is 35.5. The van der Waals surface area contributed by atoms with Crippen LogP contribution >= 0.6 is 11.6 Å². The van der Waals surface area contributed by atoms with Crippen molar-refractivity contribution in [3.05, 3.63) is 51.3 Å². The predicted octanol–water partition coefficient (Wildman–Crippen LogP) is 2.70. The van der Waals surface area contributed by atoms with Crippen LogP contribution < -0.4 is 0 Å². The molecular weight excluding hydrogens is 290 g/mol. The quantitative estimate of drug-likeness (QED) is 0.942. The molecule has 0 atom stereocenters. The van der Waals surface area contributed by atoms with Crippen molar-refractivity contribution in [3.8, 4) is 6.07 Å². The van der Waals surface area contributed by atoms with E-state index in [4.69, 9.17) is 22.0 Å². The molecule has 0 aliphatic rings.